The summed E-state index contributed by atoms with van der Waals surface area (Å²) < 4.78 is 7.24. The molecule has 1 aliphatic rings. The Morgan fingerprint density at radius 1 is 1.05 bits per heavy atom. The van der Waals surface area contributed by atoms with Gasteiger partial charge in [-0.25, -0.2) is 4.68 Å². The van der Waals surface area contributed by atoms with E-state index in [1.54, 1.807) is 7.11 Å². The van der Waals surface area contributed by atoms with E-state index < -0.39 is 0 Å². The minimum absolute atomic E-state index is 0.138. The van der Waals surface area contributed by atoms with Gasteiger partial charge < -0.3 is 9.72 Å². The minimum Gasteiger partial charge on any atom is -0.497 e. The van der Waals surface area contributed by atoms with Crippen LogP contribution in [-0.4, -0.2) is 68.3 Å². The molecule has 9 nitrogen and oxygen atoms in total. The summed E-state index contributed by atoms with van der Waals surface area (Å²) in [6.07, 6.45) is 0.858. The first-order valence-electron chi connectivity index (χ1n) is 12.9. The number of rotatable bonds is 8. The molecule has 0 saturated carbocycles. The third-order valence-electron chi connectivity index (χ3n) is 7.57. The third kappa shape index (κ3) is 5.14. The number of pyridine rings is 1. The van der Waals surface area contributed by atoms with Gasteiger partial charge in [-0.3, -0.25) is 14.6 Å². The van der Waals surface area contributed by atoms with E-state index in [-0.39, 0.29) is 17.1 Å². The second-order valence-corrected chi connectivity index (χ2v) is 10.3. The Hall–Kier alpha value is -3.56. The highest BCUT2D eigenvalue weighted by Crippen LogP contribution is 2.31. The van der Waals surface area contributed by atoms with E-state index >= 15 is 0 Å². The van der Waals surface area contributed by atoms with E-state index in [2.05, 4.69) is 75.3 Å². The van der Waals surface area contributed by atoms with Crippen LogP contribution in [0.5, 0.6) is 5.75 Å². The average molecular weight is 502 g/mol. The smallest absolute Gasteiger partial charge is 0.253 e. The van der Waals surface area contributed by atoms with Gasteiger partial charge in [0.25, 0.3) is 5.56 Å². The molecule has 2 aromatic carbocycles. The Balaban J connectivity index is 1.52. The number of aromatic nitrogens is 5. The first-order chi connectivity index (χ1) is 17.9. The van der Waals surface area contributed by atoms with Gasteiger partial charge in [0, 0.05) is 44.4 Å². The highest BCUT2D eigenvalue weighted by atomic mass is 16.5. The van der Waals surface area contributed by atoms with Crippen LogP contribution in [0.3, 0.4) is 0 Å². The topological polar surface area (TPSA) is 92.2 Å². The highest BCUT2D eigenvalue weighted by Gasteiger charge is 2.35. The molecule has 1 atom stereocenters. The predicted molar refractivity (Wildman–Crippen MR) is 144 cm³/mol. The summed E-state index contributed by atoms with van der Waals surface area (Å²) in [6, 6.07) is 17.9. The Bertz CT molecular complexity index is 1410. The monoisotopic (exact) mass is 501 g/mol. The second-order valence-electron chi connectivity index (χ2n) is 10.3. The van der Waals surface area contributed by atoms with E-state index in [0.717, 1.165) is 50.0 Å². The maximum absolute atomic E-state index is 13.5. The number of aromatic amines is 1. The molecule has 37 heavy (non-hydrogen) atoms. The van der Waals surface area contributed by atoms with Gasteiger partial charge in [-0.15, -0.1) is 5.10 Å². The van der Waals surface area contributed by atoms with E-state index in [0.29, 0.717) is 17.1 Å². The quantitative estimate of drug-likeness (QED) is 0.395. The number of tetrazole rings is 1. The van der Waals surface area contributed by atoms with Crippen LogP contribution in [0.25, 0.3) is 10.9 Å². The van der Waals surface area contributed by atoms with E-state index in [4.69, 9.17) is 4.74 Å². The molecule has 194 valence electrons. The van der Waals surface area contributed by atoms with Crippen molar-refractivity contribution in [2.45, 2.75) is 45.3 Å². The minimum atomic E-state index is -0.366. The fourth-order valence-electron chi connectivity index (χ4n) is 4.99. The molecule has 4 aromatic rings. The molecule has 9 heteroatoms. The van der Waals surface area contributed by atoms with Crippen molar-refractivity contribution in [3.8, 4) is 5.75 Å². The lowest BCUT2D eigenvalue weighted by Crippen LogP contribution is -2.49. The number of benzene rings is 2. The summed E-state index contributed by atoms with van der Waals surface area (Å²) in [5.74, 6) is 1.40. The largest absolute Gasteiger partial charge is 0.497 e. The van der Waals surface area contributed by atoms with E-state index in [1.807, 2.05) is 35.0 Å². The van der Waals surface area contributed by atoms with Gasteiger partial charge in [-0.2, -0.15) is 0 Å². The normalized spacial score (nSPS) is 16.2. The van der Waals surface area contributed by atoms with Crippen LogP contribution in [0.4, 0.5) is 0 Å². The molecule has 0 amide bonds. The molecule has 1 N–H and O–H groups in total. The van der Waals surface area contributed by atoms with E-state index in [9.17, 15) is 4.79 Å². The van der Waals surface area contributed by atoms with Crippen LogP contribution >= 0.6 is 0 Å². The highest BCUT2D eigenvalue weighted by molar-refractivity contribution is 5.80. The second kappa shape index (κ2) is 10.4. The first-order valence-corrected chi connectivity index (χ1v) is 12.9. The number of ether oxygens (including phenoxy) is 1. The molecule has 1 fully saturated rings. The van der Waals surface area contributed by atoms with Crippen LogP contribution < -0.4 is 10.3 Å². The van der Waals surface area contributed by atoms with Gasteiger partial charge in [0.1, 0.15) is 11.8 Å². The lowest BCUT2D eigenvalue weighted by atomic mass is 9.99. The van der Waals surface area contributed by atoms with Crippen LogP contribution in [0.15, 0.2) is 59.4 Å². The molecule has 1 aliphatic heterocycles. The number of hydrogen-bond donors (Lipinski definition) is 1. The number of nitrogens with one attached hydrogen (secondary N) is 1. The van der Waals surface area contributed by atoms with Gasteiger partial charge in [0.15, 0.2) is 5.82 Å². The van der Waals surface area contributed by atoms with Crippen LogP contribution in [0.2, 0.25) is 0 Å². The number of piperazine rings is 1. The fraction of sp³-hybridized carbons (Fsp3) is 0.429. The summed E-state index contributed by atoms with van der Waals surface area (Å²) in [6.45, 7) is 10.7. The zero-order valence-corrected chi connectivity index (χ0v) is 22.0. The Morgan fingerprint density at radius 2 is 1.81 bits per heavy atom. The van der Waals surface area contributed by atoms with Crippen molar-refractivity contribution in [3.05, 3.63) is 81.9 Å². The van der Waals surface area contributed by atoms with Gasteiger partial charge in [-0.05, 0) is 59.8 Å². The number of hydrogen-bond acceptors (Lipinski definition) is 7. The Kier molecular flexibility index (Phi) is 7.08. The number of fused-ring (bicyclic) bond motifs is 1. The summed E-state index contributed by atoms with van der Waals surface area (Å²) in [5, 5.41) is 13.9. The van der Waals surface area contributed by atoms with Crippen molar-refractivity contribution < 1.29 is 4.74 Å². The summed E-state index contributed by atoms with van der Waals surface area (Å²) >= 11 is 0. The molecular formula is C28H35N7O2. The van der Waals surface area contributed by atoms with E-state index in [1.165, 1.54) is 5.56 Å². The fourth-order valence-corrected chi connectivity index (χ4v) is 4.99. The molecule has 0 aliphatic carbocycles. The molecule has 0 bridgehead atoms. The third-order valence-corrected chi connectivity index (χ3v) is 7.57. The predicted octanol–water partition coefficient (Wildman–Crippen LogP) is 3.58. The van der Waals surface area contributed by atoms with Crippen molar-refractivity contribution in [2.75, 3.05) is 33.3 Å². The summed E-state index contributed by atoms with van der Waals surface area (Å²) in [5.41, 5.74) is 2.28. The lowest BCUT2D eigenvalue weighted by Gasteiger charge is -2.39. The van der Waals surface area contributed by atoms with Gasteiger partial charge in [0.05, 0.1) is 18.2 Å². The first kappa shape index (κ1) is 25.1. The van der Waals surface area contributed by atoms with Crippen molar-refractivity contribution in [1.29, 1.82) is 0 Å². The summed E-state index contributed by atoms with van der Waals surface area (Å²) in [4.78, 5) is 21.4. The van der Waals surface area contributed by atoms with Crippen molar-refractivity contribution in [2.24, 2.45) is 0 Å². The molecule has 0 radical (unpaired) electrons. The maximum Gasteiger partial charge on any atom is 0.253 e. The standard InChI is InChI=1S/C28H35N7O2/c1-5-28(2,3)35-26(30-31-32-35)25(23-17-21-11-12-22(37-4)18-24(21)29-27(23)36)34-15-13-33(14-16-34)19-20-9-7-6-8-10-20/h6-12,17-18,25H,5,13-16,19H2,1-4H3,(H,29,36)/t25-/m0/s1. The Labute approximate surface area is 217 Å². The van der Waals surface area contributed by atoms with Crippen molar-refractivity contribution in [3.63, 3.8) is 0 Å². The zero-order valence-electron chi connectivity index (χ0n) is 22.0. The van der Waals surface area contributed by atoms with Gasteiger partial charge in [0.2, 0.25) is 0 Å². The number of H-pyrrole nitrogens is 1. The van der Waals surface area contributed by atoms with Crippen LogP contribution in [0, 0.1) is 0 Å². The lowest BCUT2D eigenvalue weighted by molar-refractivity contribution is 0.0968. The molecule has 0 unspecified atom stereocenters. The van der Waals surface area contributed by atoms with Gasteiger partial charge in [-0.1, -0.05) is 37.3 Å². The summed E-state index contributed by atoms with van der Waals surface area (Å²) in [7, 11) is 1.62. The van der Waals surface area contributed by atoms with Crippen molar-refractivity contribution >= 4 is 10.9 Å². The maximum atomic E-state index is 13.5. The van der Waals surface area contributed by atoms with Crippen LogP contribution in [-0.2, 0) is 12.1 Å². The molecule has 3 heterocycles. The molecule has 5 rings (SSSR count). The number of nitrogens with zero attached hydrogens (tertiary/aromatic N) is 6. The molecule has 2 aromatic heterocycles. The Morgan fingerprint density at radius 3 is 2.51 bits per heavy atom. The van der Waals surface area contributed by atoms with Crippen LogP contribution in [0.1, 0.15) is 50.2 Å². The molecule has 1 saturated heterocycles. The number of methoxy groups -OCH3 is 1. The van der Waals surface area contributed by atoms with Gasteiger partial charge >= 0.3 is 0 Å². The average Bonchev–Trinajstić information content (AvgIpc) is 3.41. The molecular weight excluding hydrogens is 466 g/mol. The zero-order chi connectivity index (χ0) is 26.0. The molecule has 0 spiro atoms. The van der Waals surface area contributed by atoms with Crippen molar-refractivity contribution in [1.82, 2.24) is 35.0 Å². The SMILES string of the molecule is CCC(C)(C)n1nnnc1[C@H](c1cc2ccc(OC)cc2[nH]c1=O)N1CCN(Cc2ccccc2)CC1.